The second-order valence-electron chi connectivity index (χ2n) is 5.31. The van der Waals surface area contributed by atoms with E-state index in [-0.39, 0.29) is 17.7 Å². The number of allylic oxidation sites excluding steroid dienone is 1. The Morgan fingerprint density at radius 3 is 2.91 bits per heavy atom. The monoisotopic (exact) mass is 312 g/mol. The van der Waals surface area contributed by atoms with Gasteiger partial charge < -0.3 is 9.47 Å². The highest BCUT2D eigenvalue weighted by Crippen LogP contribution is 2.36. The Bertz CT molecular complexity index is 785. The van der Waals surface area contributed by atoms with Crippen LogP contribution in [0.4, 0.5) is 0 Å². The van der Waals surface area contributed by atoms with Crippen LogP contribution in [-0.4, -0.2) is 11.8 Å². The fourth-order valence-electron chi connectivity index (χ4n) is 2.25. The summed E-state index contributed by atoms with van der Waals surface area (Å²) in [6.07, 6.45) is 3.52. The number of ketones is 1. The molecule has 2 aliphatic rings. The van der Waals surface area contributed by atoms with Gasteiger partial charge in [0.15, 0.2) is 5.76 Å². The van der Waals surface area contributed by atoms with Gasteiger partial charge in [-0.05, 0) is 36.4 Å². The van der Waals surface area contributed by atoms with Crippen LogP contribution in [0.5, 0.6) is 11.5 Å². The quantitative estimate of drug-likeness (QED) is 0.493. The van der Waals surface area contributed by atoms with Crippen LogP contribution in [0.25, 0.3) is 6.08 Å². The fraction of sp³-hybridized carbons (Fsp3) is 0.176. The Labute approximate surface area is 131 Å². The zero-order valence-corrected chi connectivity index (χ0v) is 12.4. The number of fused-ring (bicyclic) bond motifs is 1. The molecule has 0 saturated heterocycles. The van der Waals surface area contributed by atoms with Gasteiger partial charge in [-0.15, -0.1) is 11.3 Å². The average Bonchev–Trinajstić information content (AvgIpc) is 3.16. The number of carbonyl (C=O) groups excluding carboxylic acids is 2. The van der Waals surface area contributed by atoms with Gasteiger partial charge in [0.05, 0.1) is 11.5 Å². The first-order valence-corrected chi connectivity index (χ1v) is 7.92. The van der Waals surface area contributed by atoms with E-state index in [4.69, 9.17) is 9.47 Å². The minimum Gasteiger partial charge on any atom is -0.452 e. The molecule has 0 spiro atoms. The van der Waals surface area contributed by atoms with Crippen molar-refractivity contribution in [3.05, 3.63) is 51.9 Å². The maximum Gasteiger partial charge on any atom is 0.314 e. The number of thiophene rings is 1. The smallest absolute Gasteiger partial charge is 0.314 e. The standard InChI is InChI=1S/C17H12O4S/c18-16-13-6-5-11(20-17(19)10-3-4-10)8-14(13)21-15(16)9-12-2-1-7-22-12/h1-2,5-10H,3-4H2. The highest BCUT2D eigenvalue weighted by atomic mass is 32.1. The lowest BCUT2D eigenvalue weighted by Crippen LogP contribution is -2.09. The third-order valence-corrected chi connectivity index (χ3v) is 4.41. The molecule has 1 fully saturated rings. The van der Waals surface area contributed by atoms with Gasteiger partial charge in [0.1, 0.15) is 11.5 Å². The first-order chi connectivity index (χ1) is 10.7. The lowest BCUT2D eigenvalue weighted by Gasteiger charge is -2.04. The van der Waals surface area contributed by atoms with E-state index in [0.29, 0.717) is 22.8 Å². The SMILES string of the molecule is O=C1C(=Cc2cccs2)Oc2cc(OC(=O)C3CC3)ccc21. The number of Topliss-reactive ketones (excluding diaryl/α,β-unsaturated/α-hetero) is 1. The summed E-state index contributed by atoms with van der Waals surface area (Å²) in [6, 6.07) is 8.71. The molecular weight excluding hydrogens is 300 g/mol. The predicted octanol–water partition coefficient (Wildman–Crippen LogP) is 3.68. The summed E-state index contributed by atoms with van der Waals surface area (Å²) in [5, 5.41) is 1.94. The van der Waals surface area contributed by atoms with Crippen LogP contribution in [0.1, 0.15) is 28.1 Å². The van der Waals surface area contributed by atoms with E-state index in [9.17, 15) is 9.59 Å². The summed E-state index contributed by atoms with van der Waals surface area (Å²) in [5.74, 6) is 0.824. The number of carbonyl (C=O) groups is 2. The van der Waals surface area contributed by atoms with Gasteiger partial charge >= 0.3 is 5.97 Å². The van der Waals surface area contributed by atoms with Crippen molar-refractivity contribution < 1.29 is 19.1 Å². The molecule has 0 N–H and O–H groups in total. The van der Waals surface area contributed by atoms with Crippen molar-refractivity contribution in [1.82, 2.24) is 0 Å². The summed E-state index contributed by atoms with van der Waals surface area (Å²) in [5.41, 5.74) is 0.494. The topological polar surface area (TPSA) is 52.6 Å². The number of benzene rings is 1. The molecule has 0 bridgehead atoms. The Hall–Kier alpha value is -2.40. The third-order valence-electron chi connectivity index (χ3n) is 3.59. The summed E-state index contributed by atoms with van der Waals surface area (Å²) in [4.78, 5) is 24.9. The van der Waals surface area contributed by atoms with Gasteiger partial charge in [0.25, 0.3) is 0 Å². The Morgan fingerprint density at radius 2 is 2.18 bits per heavy atom. The van der Waals surface area contributed by atoms with E-state index in [0.717, 1.165) is 17.7 Å². The van der Waals surface area contributed by atoms with Crippen molar-refractivity contribution in [2.45, 2.75) is 12.8 Å². The van der Waals surface area contributed by atoms with Crippen LogP contribution in [-0.2, 0) is 4.79 Å². The lowest BCUT2D eigenvalue weighted by molar-refractivity contribution is -0.135. The van der Waals surface area contributed by atoms with Crippen molar-refractivity contribution in [3.8, 4) is 11.5 Å². The zero-order chi connectivity index (χ0) is 15.1. The summed E-state index contributed by atoms with van der Waals surface area (Å²) >= 11 is 1.53. The molecule has 4 nitrogen and oxygen atoms in total. The third kappa shape index (κ3) is 2.44. The molecule has 1 aromatic carbocycles. The molecule has 0 atom stereocenters. The molecular formula is C17H12O4S. The second kappa shape index (κ2) is 5.10. The maximum atomic E-state index is 12.3. The number of hydrogen-bond donors (Lipinski definition) is 0. The van der Waals surface area contributed by atoms with Gasteiger partial charge in [-0.1, -0.05) is 6.07 Å². The molecule has 110 valence electrons. The highest BCUT2D eigenvalue weighted by Gasteiger charge is 2.32. The second-order valence-corrected chi connectivity index (χ2v) is 6.29. The largest absolute Gasteiger partial charge is 0.452 e. The van der Waals surface area contributed by atoms with Crippen LogP contribution < -0.4 is 9.47 Å². The van der Waals surface area contributed by atoms with E-state index in [2.05, 4.69) is 0 Å². The summed E-state index contributed by atoms with van der Waals surface area (Å²) in [7, 11) is 0. The van der Waals surface area contributed by atoms with Crippen LogP contribution in [0.15, 0.2) is 41.5 Å². The Balaban J connectivity index is 1.58. The molecule has 1 saturated carbocycles. The molecule has 5 heteroatoms. The van der Waals surface area contributed by atoms with Gasteiger partial charge in [-0.3, -0.25) is 9.59 Å². The number of rotatable bonds is 3. The van der Waals surface area contributed by atoms with Crippen LogP contribution in [0.3, 0.4) is 0 Å². The van der Waals surface area contributed by atoms with Crippen LogP contribution in [0.2, 0.25) is 0 Å². The molecule has 2 heterocycles. The van der Waals surface area contributed by atoms with Crippen molar-refractivity contribution >= 4 is 29.2 Å². The number of ether oxygens (including phenoxy) is 2. The van der Waals surface area contributed by atoms with Crippen LogP contribution in [0, 0.1) is 5.92 Å². The lowest BCUT2D eigenvalue weighted by atomic mass is 10.1. The molecule has 22 heavy (non-hydrogen) atoms. The molecule has 1 aromatic heterocycles. The number of esters is 1. The van der Waals surface area contributed by atoms with E-state index in [1.165, 1.54) is 11.3 Å². The summed E-state index contributed by atoms with van der Waals surface area (Å²) < 4.78 is 10.9. The number of hydrogen-bond acceptors (Lipinski definition) is 5. The van der Waals surface area contributed by atoms with Crippen molar-refractivity contribution in [2.24, 2.45) is 5.92 Å². The van der Waals surface area contributed by atoms with Gasteiger partial charge in [0.2, 0.25) is 5.78 Å². The summed E-state index contributed by atoms with van der Waals surface area (Å²) in [6.45, 7) is 0. The molecule has 2 aromatic rings. The molecule has 0 radical (unpaired) electrons. The first kappa shape index (κ1) is 13.3. The van der Waals surface area contributed by atoms with Gasteiger partial charge in [-0.25, -0.2) is 0 Å². The van der Waals surface area contributed by atoms with Crippen LogP contribution >= 0.6 is 11.3 Å². The fourth-order valence-corrected chi connectivity index (χ4v) is 2.90. The average molecular weight is 312 g/mol. The van der Waals surface area contributed by atoms with Crippen molar-refractivity contribution in [2.75, 3.05) is 0 Å². The van der Waals surface area contributed by atoms with E-state index >= 15 is 0 Å². The zero-order valence-electron chi connectivity index (χ0n) is 11.6. The first-order valence-electron chi connectivity index (χ1n) is 7.04. The molecule has 0 unspecified atom stereocenters. The predicted molar refractivity (Wildman–Crippen MR) is 82.1 cm³/mol. The Kier molecular flexibility index (Phi) is 3.08. The molecule has 1 aliphatic carbocycles. The highest BCUT2D eigenvalue weighted by molar-refractivity contribution is 7.10. The van der Waals surface area contributed by atoms with E-state index < -0.39 is 0 Å². The Morgan fingerprint density at radius 1 is 1.32 bits per heavy atom. The maximum absolute atomic E-state index is 12.3. The molecule has 4 rings (SSSR count). The van der Waals surface area contributed by atoms with E-state index in [1.807, 2.05) is 17.5 Å². The van der Waals surface area contributed by atoms with E-state index in [1.54, 1.807) is 24.3 Å². The van der Waals surface area contributed by atoms with Crippen molar-refractivity contribution in [1.29, 1.82) is 0 Å². The molecule has 0 amide bonds. The van der Waals surface area contributed by atoms with Gasteiger partial charge in [-0.2, -0.15) is 0 Å². The van der Waals surface area contributed by atoms with Crippen molar-refractivity contribution in [3.63, 3.8) is 0 Å². The normalized spacial score (nSPS) is 18.2. The van der Waals surface area contributed by atoms with Gasteiger partial charge in [0, 0.05) is 17.0 Å². The minimum absolute atomic E-state index is 0.0325. The minimum atomic E-state index is -0.210. The molecule has 1 aliphatic heterocycles.